The zero-order valence-corrected chi connectivity index (χ0v) is 8.39. The van der Waals surface area contributed by atoms with Crippen molar-refractivity contribution in [1.29, 1.82) is 0 Å². The van der Waals surface area contributed by atoms with E-state index in [2.05, 4.69) is 24.1 Å². The van der Waals surface area contributed by atoms with E-state index in [1.165, 1.54) is 0 Å². The summed E-state index contributed by atoms with van der Waals surface area (Å²) < 4.78 is 5.38. The van der Waals surface area contributed by atoms with Crippen molar-refractivity contribution in [2.24, 2.45) is 0 Å². The van der Waals surface area contributed by atoms with Gasteiger partial charge in [-0.05, 0) is 13.8 Å². The van der Waals surface area contributed by atoms with Crippen molar-refractivity contribution >= 4 is 0 Å². The molecule has 1 rings (SSSR count). The minimum Gasteiger partial charge on any atom is -0.377 e. The smallest absolute Gasteiger partial charge is 0.0749 e. The summed E-state index contributed by atoms with van der Waals surface area (Å²) in [4.78, 5) is 2.44. The molecule has 1 N–H and O–H groups in total. The van der Waals surface area contributed by atoms with E-state index in [9.17, 15) is 0 Å². The first-order valence-corrected chi connectivity index (χ1v) is 4.62. The molecule has 0 saturated carbocycles. The van der Waals surface area contributed by atoms with Gasteiger partial charge in [-0.1, -0.05) is 0 Å². The van der Waals surface area contributed by atoms with Crippen molar-refractivity contribution in [3.8, 4) is 0 Å². The minimum atomic E-state index is -0.00264. The number of methoxy groups -OCH3 is 1. The van der Waals surface area contributed by atoms with Gasteiger partial charge in [-0.15, -0.1) is 0 Å². The van der Waals surface area contributed by atoms with Gasteiger partial charge in [0.25, 0.3) is 0 Å². The van der Waals surface area contributed by atoms with E-state index in [1.54, 1.807) is 7.11 Å². The maximum absolute atomic E-state index is 5.38. The van der Waals surface area contributed by atoms with Gasteiger partial charge in [0, 0.05) is 39.8 Å². The molecule has 1 aliphatic heterocycles. The van der Waals surface area contributed by atoms with Gasteiger partial charge in [-0.25, -0.2) is 0 Å². The fraction of sp³-hybridized carbons (Fsp3) is 1.00. The summed E-state index contributed by atoms with van der Waals surface area (Å²) in [5.74, 6) is 0. The van der Waals surface area contributed by atoms with Crippen LogP contribution in [0.2, 0.25) is 0 Å². The van der Waals surface area contributed by atoms with Gasteiger partial charge in [0.2, 0.25) is 0 Å². The molecular weight excluding hydrogens is 152 g/mol. The summed E-state index contributed by atoms with van der Waals surface area (Å²) in [6, 6.07) is 0. The number of hydrogen-bond donors (Lipinski definition) is 1. The molecule has 0 aromatic carbocycles. The van der Waals surface area contributed by atoms with E-state index in [-0.39, 0.29) is 5.60 Å². The average molecular weight is 172 g/mol. The molecule has 3 nitrogen and oxygen atoms in total. The second-order valence-electron chi connectivity index (χ2n) is 3.99. The molecule has 0 spiro atoms. The number of piperazine rings is 1. The molecule has 0 unspecified atom stereocenters. The Morgan fingerprint density at radius 3 is 2.42 bits per heavy atom. The maximum Gasteiger partial charge on any atom is 0.0749 e. The summed E-state index contributed by atoms with van der Waals surface area (Å²) in [7, 11) is 1.78. The van der Waals surface area contributed by atoms with E-state index < -0.39 is 0 Å². The molecule has 0 bridgehead atoms. The molecule has 1 heterocycles. The molecule has 1 aliphatic rings. The van der Waals surface area contributed by atoms with Crippen LogP contribution < -0.4 is 5.32 Å². The van der Waals surface area contributed by atoms with Crippen LogP contribution >= 0.6 is 0 Å². The Hall–Kier alpha value is -0.120. The van der Waals surface area contributed by atoms with Gasteiger partial charge in [-0.2, -0.15) is 0 Å². The Morgan fingerprint density at radius 2 is 1.92 bits per heavy atom. The summed E-state index contributed by atoms with van der Waals surface area (Å²) in [5.41, 5.74) is -0.00264. The molecule has 1 fully saturated rings. The highest BCUT2D eigenvalue weighted by molar-refractivity contribution is 4.77. The van der Waals surface area contributed by atoms with Crippen molar-refractivity contribution < 1.29 is 4.74 Å². The lowest BCUT2D eigenvalue weighted by Crippen LogP contribution is -2.49. The predicted molar refractivity (Wildman–Crippen MR) is 50.4 cm³/mol. The Balaban J connectivity index is 2.28. The SMILES string of the molecule is COC(C)(C)CN1CCNCC1. The summed E-state index contributed by atoms with van der Waals surface area (Å²) in [6.07, 6.45) is 0. The molecule has 0 aromatic rings. The van der Waals surface area contributed by atoms with Crippen molar-refractivity contribution in [2.45, 2.75) is 19.4 Å². The summed E-state index contributed by atoms with van der Waals surface area (Å²) in [6.45, 7) is 9.81. The van der Waals surface area contributed by atoms with Crippen LogP contribution in [0.5, 0.6) is 0 Å². The molecule has 0 atom stereocenters. The lowest BCUT2D eigenvalue weighted by Gasteiger charge is -2.34. The normalized spacial score (nSPS) is 21.2. The molecular formula is C9H20N2O. The van der Waals surface area contributed by atoms with Crippen LogP contribution in [0.3, 0.4) is 0 Å². The lowest BCUT2D eigenvalue weighted by molar-refractivity contribution is -0.00976. The first-order chi connectivity index (χ1) is 5.64. The molecule has 0 radical (unpaired) electrons. The van der Waals surface area contributed by atoms with Gasteiger partial charge in [-0.3, -0.25) is 4.90 Å². The van der Waals surface area contributed by atoms with Crippen molar-refractivity contribution in [3.63, 3.8) is 0 Å². The fourth-order valence-corrected chi connectivity index (χ4v) is 1.47. The summed E-state index contributed by atoms with van der Waals surface area (Å²) >= 11 is 0. The molecule has 12 heavy (non-hydrogen) atoms. The second-order valence-corrected chi connectivity index (χ2v) is 3.99. The highest BCUT2D eigenvalue weighted by Crippen LogP contribution is 2.10. The molecule has 72 valence electrons. The molecule has 0 aliphatic carbocycles. The molecule has 1 saturated heterocycles. The highest BCUT2D eigenvalue weighted by Gasteiger charge is 2.21. The Bertz CT molecular complexity index is 130. The first kappa shape index (κ1) is 9.96. The first-order valence-electron chi connectivity index (χ1n) is 4.62. The summed E-state index contributed by atoms with van der Waals surface area (Å²) in [5, 5.41) is 3.34. The standard InChI is InChI=1S/C9H20N2O/c1-9(2,12-3)8-11-6-4-10-5-7-11/h10H,4-8H2,1-3H3. The number of hydrogen-bond acceptors (Lipinski definition) is 3. The van der Waals surface area contributed by atoms with E-state index in [0.717, 1.165) is 32.7 Å². The van der Waals surface area contributed by atoms with Gasteiger partial charge < -0.3 is 10.1 Å². The average Bonchev–Trinajstić information content (AvgIpc) is 2.06. The fourth-order valence-electron chi connectivity index (χ4n) is 1.47. The van der Waals surface area contributed by atoms with Gasteiger partial charge in [0.15, 0.2) is 0 Å². The van der Waals surface area contributed by atoms with Crippen LogP contribution in [-0.2, 0) is 4.74 Å². The number of nitrogens with one attached hydrogen (secondary N) is 1. The zero-order chi connectivity index (χ0) is 9.03. The number of nitrogens with zero attached hydrogens (tertiary/aromatic N) is 1. The maximum atomic E-state index is 5.38. The number of rotatable bonds is 3. The zero-order valence-electron chi connectivity index (χ0n) is 8.39. The van der Waals surface area contributed by atoms with Crippen LogP contribution in [0.15, 0.2) is 0 Å². The van der Waals surface area contributed by atoms with E-state index in [4.69, 9.17) is 4.74 Å². The monoisotopic (exact) mass is 172 g/mol. The molecule has 3 heteroatoms. The van der Waals surface area contributed by atoms with Crippen molar-refractivity contribution in [1.82, 2.24) is 10.2 Å². The topological polar surface area (TPSA) is 24.5 Å². The molecule has 0 amide bonds. The Kier molecular flexibility index (Phi) is 3.50. The number of ether oxygens (including phenoxy) is 1. The van der Waals surface area contributed by atoms with Gasteiger partial charge in [0.05, 0.1) is 5.60 Å². The van der Waals surface area contributed by atoms with Crippen LogP contribution in [0.4, 0.5) is 0 Å². The highest BCUT2D eigenvalue weighted by atomic mass is 16.5. The van der Waals surface area contributed by atoms with Crippen LogP contribution in [0.1, 0.15) is 13.8 Å². The van der Waals surface area contributed by atoms with Crippen LogP contribution in [-0.4, -0.2) is 50.3 Å². The van der Waals surface area contributed by atoms with E-state index >= 15 is 0 Å². The van der Waals surface area contributed by atoms with E-state index in [0.29, 0.717) is 0 Å². The predicted octanol–water partition coefficient (Wildman–Crippen LogP) is 0.317. The largest absolute Gasteiger partial charge is 0.377 e. The van der Waals surface area contributed by atoms with Crippen molar-refractivity contribution in [3.05, 3.63) is 0 Å². The molecule has 0 aromatic heterocycles. The minimum absolute atomic E-state index is 0.00264. The van der Waals surface area contributed by atoms with Crippen molar-refractivity contribution in [2.75, 3.05) is 39.8 Å². The van der Waals surface area contributed by atoms with Gasteiger partial charge in [0.1, 0.15) is 0 Å². The second kappa shape index (κ2) is 4.21. The van der Waals surface area contributed by atoms with Crippen LogP contribution in [0, 0.1) is 0 Å². The van der Waals surface area contributed by atoms with E-state index in [1.807, 2.05) is 0 Å². The third kappa shape index (κ3) is 3.09. The van der Waals surface area contributed by atoms with Crippen LogP contribution in [0.25, 0.3) is 0 Å². The Labute approximate surface area is 75.1 Å². The third-order valence-corrected chi connectivity index (χ3v) is 2.37. The Morgan fingerprint density at radius 1 is 1.33 bits per heavy atom. The third-order valence-electron chi connectivity index (χ3n) is 2.37. The van der Waals surface area contributed by atoms with Gasteiger partial charge >= 0.3 is 0 Å². The quantitative estimate of drug-likeness (QED) is 0.663. The lowest BCUT2D eigenvalue weighted by atomic mass is 10.1.